The lowest BCUT2D eigenvalue weighted by atomic mass is 10.2. The zero-order valence-electron chi connectivity index (χ0n) is 7.73. The van der Waals surface area contributed by atoms with Crippen molar-refractivity contribution in [1.82, 2.24) is 0 Å². The van der Waals surface area contributed by atoms with Gasteiger partial charge in [-0.1, -0.05) is 0 Å². The summed E-state index contributed by atoms with van der Waals surface area (Å²) >= 11 is 0. The van der Waals surface area contributed by atoms with Crippen molar-refractivity contribution in [2.45, 2.75) is 4.90 Å². The van der Waals surface area contributed by atoms with Crippen molar-refractivity contribution in [3.63, 3.8) is 0 Å². The zero-order valence-corrected chi connectivity index (χ0v) is 8.55. The number of rotatable bonds is 2. The van der Waals surface area contributed by atoms with Crippen molar-refractivity contribution in [1.29, 1.82) is 0 Å². The number of sulfonamides is 1. The second-order valence-electron chi connectivity index (χ2n) is 2.71. The molecule has 0 saturated carbocycles. The number of carbonyl (C=O) groups is 1. The maximum atomic E-state index is 12.9. The van der Waals surface area contributed by atoms with Gasteiger partial charge in [-0.3, -0.25) is 0 Å². The molecule has 1 rings (SSSR count). The lowest BCUT2D eigenvalue weighted by Gasteiger charge is -2.02. The Morgan fingerprint density at radius 1 is 1.40 bits per heavy atom. The summed E-state index contributed by atoms with van der Waals surface area (Å²) in [5.41, 5.74) is -0.207. The van der Waals surface area contributed by atoms with E-state index in [4.69, 9.17) is 5.14 Å². The van der Waals surface area contributed by atoms with Gasteiger partial charge in [0.05, 0.1) is 17.6 Å². The fourth-order valence-corrected chi connectivity index (χ4v) is 1.53. The highest BCUT2D eigenvalue weighted by atomic mass is 32.2. The van der Waals surface area contributed by atoms with Crippen LogP contribution in [0, 0.1) is 5.82 Å². The van der Waals surface area contributed by atoms with Crippen molar-refractivity contribution in [2.75, 3.05) is 7.11 Å². The van der Waals surface area contributed by atoms with Crippen molar-refractivity contribution in [2.24, 2.45) is 5.14 Å². The Morgan fingerprint density at radius 2 is 2.00 bits per heavy atom. The smallest absolute Gasteiger partial charge is 0.337 e. The van der Waals surface area contributed by atoms with Crippen LogP contribution in [0.2, 0.25) is 0 Å². The molecule has 0 bridgehead atoms. The number of methoxy groups -OCH3 is 1. The van der Waals surface area contributed by atoms with Gasteiger partial charge in [-0.2, -0.15) is 0 Å². The van der Waals surface area contributed by atoms with Crippen LogP contribution in [0.15, 0.2) is 23.1 Å². The van der Waals surface area contributed by atoms with Crippen LogP contribution >= 0.6 is 0 Å². The number of nitrogens with two attached hydrogens (primary N) is 1. The van der Waals surface area contributed by atoms with E-state index in [1.54, 1.807) is 0 Å². The normalized spacial score (nSPS) is 11.1. The summed E-state index contributed by atoms with van der Waals surface area (Å²) in [6.45, 7) is 0. The van der Waals surface area contributed by atoms with Crippen LogP contribution in [0.4, 0.5) is 4.39 Å². The van der Waals surface area contributed by atoms with Crippen LogP contribution in [0.1, 0.15) is 10.4 Å². The minimum absolute atomic E-state index is 0.207. The average Bonchev–Trinajstić information content (AvgIpc) is 2.14. The number of primary sulfonamides is 1. The highest BCUT2D eigenvalue weighted by molar-refractivity contribution is 7.89. The Hall–Kier alpha value is -1.47. The maximum Gasteiger partial charge on any atom is 0.337 e. The lowest BCUT2D eigenvalue weighted by molar-refractivity contribution is 0.0600. The predicted octanol–water partition coefficient (Wildman–Crippen LogP) is 0.260. The second-order valence-corrected chi connectivity index (χ2v) is 4.27. The van der Waals surface area contributed by atoms with Crippen molar-refractivity contribution >= 4 is 16.0 Å². The molecule has 0 spiro atoms. The first kappa shape index (κ1) is 11.6. The number of halogens is 1. The molecule has 82 valence electrons. The zero-order chi connectivity index (χ0) is 11.6. The SMILES string of the molecule is COC(=O)c1cc(F)cc(S(N)(=O)=O)c1. The van der Waals surface area contributed by atoms with Gasteiger partial charge >= 0.3 is 5.97 Å². The van der Waals surface area contributed by atoms with Crippen LogP contribution in [0.3, 0.4) is 0 Å². The van der Waals surface area contributed by atoms with E-state index in [0.29, 0.717) is 0 Å². The van der Waals surface area contributed by atoms with Gasteiger partial charge in [0.15, 0.2) is 0 Å². The molecule has 0 heterocycles. The molecule has 15 heavy (non-hydrogen) atoms. The fourth-order valence-electron chi connectivity index (χ4n) is 0.963. The molecule has 0 aliphatic carbocycles. The van der Waals surface area contributed by atoms with Crippen LogP contribution < -0.4 is 5.14 Å². The molecule has 5 nitrogen and oxygen atoms in total. The van der Waals surface area contributed by atoms with E-state index in [9.17, 15) is 17.6 Å². The molecule has 1 aromatic rings. The molecule has 2 N–H and O–H groups in total. The Kier molecular flexibility index (Phi) is 3.06. The number of benzene rings is 1. The molecule has 0 aliphatic heterocycles. The van der Waals surface area contributed by atoms with E-state index in [1.165, 1.54) is 0 Å². The number of ether oxygens (including phenoxy) is 1. The molecule has 1 aromatic carbocycles. The number of carbonyl (C=O) groups excluding carboxylic acids is 1. The summed E-state index contributed by atoms with van der Waals surface area (Å²) in [4.78, 5) is 10.6. The Balaban J connectivity index is 3.35. The molecule has 0 fully saturated rings. The van der Waals surface area contributed by atoms with Gasteiger partial charge in [-0.25, -0.2) is 22.7 Å². The van der Waals surface area contributed by atoms with Gasteiger partial charge in [-0.15, -0.1) is 0 Å². The molecule has 0 aliphatic rings. The Bertz CT molecular complexity index is 497. The molecular formula is C8H8FNO4S. The molecule has 7 heteroatoms. The maximum absolute atomic E-state index is 12.9. The van der Waals surface area contributed by atoms with Crippen LogP contribution in [0.25, 0.3) is 0 Å². The quantitative estimate of drug-likeness (QED) is 0.742. The van der Waals surface area contributed by atoms with Crippen molar-refractivity contribution < 1.29 is 22.3 Å². The topological polar surface area (TPSA) is 86.5 Å². The molecule has 0 atom stereocenters. The first-order valence-corrected chi connectivity index (χ1v) is 5.31. The van der Waals surface area contributed by atoms with Gasteiger partial charge in [-0.05, 0) is 18.2 Å². The number of esters is 1. The van der Waals surface area contributed by atoms with Crippen LogP contribution in [0.5, 0.6) is 0 Å². The second kappa shape index (κ2) is 3.95. The molecule has 0 radical (unpaired) electrons. The first-order chi connectivity index (χ1) is 6.84. The predicted molar refractivity (Wildman–Crippen MR) is 49.1 cm³/mol. The summed E-state index contributed by atoms with van der Waals surface area (Å²) in [5.74, 6) is -1.71. The summed E-state index contributed by atoms with van der Waals surface area (Å²) in [7, 11) is -2.94. The van der Waals surface area contributed by atoms with Gasteiger partial charge < -0.3 is 4.74 Å². The van der Waals surface area contributed by atoms with Crippen molar-refractivity contribution in [3.8, 4) is 0 Å². The standard InChI is InChI=1S/C8H8FNO4S/c1-14-8(11)5-2-6(9)4-7(3-5)15(10,12)13/h2-4H,1H3,(H2,10,12,13). The van der Waals surface area contributed by atoms with E-state index in [2.05, 4.69) is 4.74 Å². The summed E-state index contributed by atoms with van der Waals surface area (Å²) in [6.07, 6.45) is 0. The van der Waals surface area contributed by atoms with E-state index in [0.717, 1.165) is 25.3 Å². The molecule has 0 aromatic heterocycles. The Morgan fingerprint density at radius 3 is 2.47 bits per heavy atom. The highest BCUT2D eigenvalue weighted by Gasteiger charge is 2.14. The van der Waals surface area contributed by atoms with E-state index < -0.39 is 26.7 Å². The van der Waals surface area contributed by atoms with E-state index in [-0.39, 0.29) is 5.56 Å². The average molecular weight is 233 g/mol. The molecular weight excluding hydrogens is 225 g/mol. The third-order valence-corrected chi connectivity index (χ3v) is 2.51. The molecule has 0 saturated heterocycles. The minimum atomic E-state index is -4.04. The first-order valence-electron chi connectivity index (χ1n) is 3.76. The summed E-state index contributed by atoms with van der Waals surface area (Å²) in [5, 5.41) is 4.79. The third kappa shape index (κ3) is 2.74. The summed E-state index contributed by atoms with van der Waals surface area (Å²) < 4.78 is 39.1. The fraction of sp³-hybridized carbons (Fsp3) is 0.125. The van der Waals surface area contributed by atoms with Crippen LogP contribution in [-0.2, 0) is 14.8 Å². The van der Waals surface area contributed by atoms with Gasteiger partial charge in [0.25, 0.3) is 0 Å². The lowest BCUT2D eigenvalue weighted by Crippen LogP contribution is -2.14. The monoisotopic (exact) mass is 233 g/mol. The Labute approximate surface area is 85.7 Å². The number of hydrogen-bond acceptors (Lipinski definition) is 4. The molecule has 0 amide bonds. The number of hydrogen-bond donors (Lipinski definition) is 1. The molecule has 0 unspecified atom stereocenters. The van der Waals surface area contributed by atoms with E-state index in [1.807, 2.05) is 0 Å². The third-order valence-electron chi connectivity index (χ3n) is 1.62. The van der Waals surface area contributed by atoms with Gasteiger partial charge in [0.1, 0.15) is 5.82 Å². The largest absolute Gasteiger partial charge is 0.465 e. The van der Waals surface area contributed by atoms with Gasteiger partial charge in [0.2, 0.25) is 10.0 Å². The van der Waals surface area contributed by atoms with Crippen LogP contribution in [-0.4, -0.2) is 21.5 Å². The highest BCUT2D eigenvalue weighted by Crippen LogP contribution is 2.13. The minimum Gasteiger partial charge on any atom is -0.465 e. The van der Waals surface area contributed by atoms with Crippen molar-refractivity contribution in [3.05, 3.63) is 29.6 Å². The van der Waals surface area contributed by atoms with E-state index >= 15 is 0 Å². The van der Waals surface area contributed by atoms with Gasteiger partial charge in [0, 0.05) is 0 Å². The summed E-state index contributed by atoms with van der Waals surface area (Å²) in [6, 6.07) is 2.53.